The number of carbonyl (C=O) groups excluding carboxylic acids is 1. The quantitative estimate of drug-likeness (QED) is 0.683. The molecule has 1 amide bonds. The van der Waals surface area contributed by atoms with Crippen molar-refractivity contribution in [3.63, 3.8) is 0 Å². The molecule has 0 saturated carbocycles. The second kappa shape index (κ2) is 7.83. The number of hydrogen-bond acceptors (Lipinski definition) is 4. The zero-order valence-corrected chi connectivity index (χ0v) is 15.8. The molecule has 0 atom stereocenters. The van der Waals surface area contributed by atoms with Crippen molar-refractivity contribution in [2.45, 2.75) is 6.18 Å². The SMILES string of the molecule is O=C(Nc1cc(C(F)(F)F)ccc1N1CCOCC1)c1cc(=O)[nH]c2ccccc12. The Bertz CT molecular complexity index is 1150. The van der Waals surface area contributed by atoms with E-state index >= 15 is 0 Å². The summed E-state index contributed by atoms with van der Waals surface area (Å²) in [6, 6.07) is 11.1. The highest BCUT2D eigenvalue weighted by atomic mass is 19.4. The smallest absolute Gasteiger partial charge is 0.378 e. The monoisotopic (exact) mass is 417 g/mol. The van der Waals surface area contributed by atoms with Crippen LogP contribution < -0.4 is 15.8 Å². The number of alkyl halides is 3. The molecule has 30 heavy (non-hydrogen) atoms. The molecule has 0 radical (unpaired) electrons. The number of amides is 1. The van der Waals surface area contributed by atoms with Crippen molar-refractivity contribution in [3.05, 3.63) is 70.0 Å². The van der Waals surface area contributed by atoms with E-state index in [1.165, 1.54) is 6.07 Å². The fraction of sp³-hybridized carbons (Fsp3) is 0.238. The van der Waals surface area contributed by atoms with Gasteiger partial charge in [0.05, 0.1) is 35.7 Å². The standard InChI is InChI=1S/C21H18F3N3O3/c22-21(23,24)13-5-6-18(27-7-9-30-10-8-27)17(11-13)26-20(29)15-12-19(28)25-16-4-2-1-3-14(15)16/h1-6,11-12H,7-10H2,(H,25,28)(H,26,29). The maximum atomic E-state index is 13.3. The molecule has 1 aliphatic rings. The lowest BCUT2D eigenvalue weighted by Gasteiger charge is -2.31. The lowest BCUT2D eigenvalue weighted by Crippen LogP contribution is -2.37. The van der Waals surface area contributed by atoms with E-state index in [0.717, 1.165) is 18.2 Å². The number of benzene rings is 2. The van der Waals surface area contributed by atoms with Gasteiger partial charge in [-0.15, -0.1) is 0 Å². The number of H-pyrrole nitrogens is 1. The first kappa shape index (κ1) is 20.0. The number of pyridine rings is 1. The van der Waals surface area contributed by atoms with Gasteiger partial charge in [-0.3, -0.25) is 9.59 Å². The van der Waals surface area contributed by atoms with Crippen LogP contribution in [0.25, 0.3) is 10.9 Å². The summed E-state index contributed by atoms with van der Waals surface area (Å²) in [6.07, 6.45) is -4.56. The van der Waals surface area contributed by atoms with Crippen molar-refractivity contribution in [2.24, 2.45) is 0 Å². The molecule has 1 aromatic heterocycles. The van der Waals surface area contributed by atoms with Crippen LogP contribution in [0.1, 0.15) is 15.9 Å². The number of morpholine rings is 1. The van der Waals surface area contributed by atoms with E-state index in [1.54, 1.807) is 24.3 Å². The van der Waals surface area contributed by atoms with Gasteiger partial charge < -0.3 is 19.9 Å². The number of aromatic nitrogens is 1. The minimum atomic E-state index is -4.56. The molecule has 0 aliphatic carbocycles. The van der Waals surface area contributed by atoms with Crippen LogP contribution in [0.2, 0.25) is 0 Å². The van der Waals surface area contributed by atoms with Crippen molar-refractivity contribution >= 4 is 28.2 Å². The second-order valence-corrected chi connectivity index (χ2v) is 6.88. The van der Waals surface area contributed by atoms with Crippen LogP contribution in [0.4, 0.5) is 24.5 Å². The van der Waals surface area contributed by atoms with Crippen LogP contribution in [0.15, 0.2) is 53.3 Å². The maximum Gasteiger partial charge on any atom is 0.416 e. The number of fused-ring (bicyclic) bond motifs is 1. The molecule has 1 fully saturated rings. The first-order chi connectivity index (χ1) is 14.3. The Balaban J connectivity index is 1.76. The van der Waals surface area contributed by atoms with Crippen molar-refractivity contribution in [3.8, 4) is 0 Å². The van der Waals surface area contributed by atoms with E-state index in [0.29, 0.717) is 42.9 Å². The molecule has 0 spiro atoms. The zero-order valence-electron chi connectivity index (χ0n) is 15.8. The Hall–Kier alpha value is -3.33. The molecule has 4 rings (SSSR count). The lowest BCUT2D eigenvalue weighted by atomic mass is 10.1. The average molecular weight is 417 g/mol. The topological polar surface area (TPSA) is 74.4 Å². The lowest BCUT2D eigenvalue weighted by molar-refractivity contribution is -0.137. The fourth-order valence-electron chi connectivity index (χ4n) is 3.47. The molecule has 156 valence electrons. The summed E-state index contributed by atoms with van der Waals surface area (Å²) in [5, 5.41) is 3.08. The van der Waals surface area contributed by atoms with E-state index in [2.05, 4.69) is 10.3 Å². The average Bonchev–Trinajstić information content (AvgIpc) is 2.73. The molecule has 2 aromatic carbocycles. The molecule has 9 heteroatoms. The van der Waals surface area contributed by atoms with Crippen LogP contribution in [0.3, 0.4) is 0 Å². The third-order valence-corrected chi connectivity index (χ3v) is 4.92. The predicted molar refractivity (Wildman–Crippen MR) is 107 cm³/mol. The Morgan fingerprint density at radius 3 is 2.53 bits per heavy atom. The highest BCUT2D eigenvalue weighted by molar-refractivity contribution is 6.13. The van der Waals surface area contributed by atoms with Gasteiger partial charge >= 0.3 is 6.18 Å². The molecule has 0 unspecified atom stereocenters. The number of nitrogens with zero attached hydrogens (tertiary/aromatic N) is 1. The Labute approximate surface area is 169 Å². The van der Waals surface area contributed by atoms with Gasteiger partial charge in [-0.25, -0.2) is 0 Å². The van der Waals surface area contributed by atoms with Crippen molar-refractivity contribution in [1.29, 1.82) is 0 Å². The van der Waals surface area contributed by atoms with Gasteiger partial charge in [-0.1, -0.05) is 18.2 Å². The number of para-hydroxylation sites is 1. The number of hydrogen-bond donors (Lipinski definition) is 2. The summed E-state index contributed by atoms with van der Waals surface area (Å²) in [4.78, 5) is 29.4. The maximum absolute atomic E-state index is 13.3. The van der Waals surface area contributed by atoms with Crippen molar-refractivity contribution < 1.29 is 22.7 Å². The van der Waals surface area contributed by atoms with Crippen LogP contribution in [0.5, 0.6) is 0 Å². The number of ether oxygens (including phenoxy) is 1. The van der Waals surface area contributed by atoms with Crippen LogP contribution in [-0.4, -0.2) is 37.2 Å². The highest BCUT2D eigenvalue weighted by Gasteiger charge is 2.32. The minimum absolute atomic E-state index is 0.0288. The normalized spacial score (nSPS) is 14.7. The third kappa shape index (κ3) is 4.02. The number of carbonyl (C=O) groups is 1. The van der Waals surface area contributed by atoms with Crippen LogP contribution in [0, 0.1) is 0 Å². The predicted octanol–water partition coefficient (Wildman–Crippen LogP) is 3.64. The number of halogens is 3. The third-order valence-electron chi connectivity index (χ3n) is 4.92. The number of aromatic amines is 1. The zero-order chi connectivity index (χ0) is 21.3. The number of rotatable bonds is 3. The first-order valence-corrected chi connectivity index (χ1v) is 9.30. The van der Waals surface area contributed by atoms with Crippen molar-refractivity contribution in [1.82, 2.24) is 4.98 Å². The van der Waals surface area contributed by atoms with E-state index in [4.69, 9.17) is 4.74 Å². The van der Waals surface area contributed by atoms with Crippen LogP contribution >= 0.6 is 0 Å². The van der Waals surface area contributed by atoms with Gasteiger partial charge in [0.25, 0.3) is 5.91 Å². The Morgan fingerprint density at radius 2 is 1.80 bits per heavy atom. The molecule has 2 heterocycles. The Kier molecular flexibility index (Phi) is 5.21. The van der Waals surface area contributed by atoms with E-state index < -0.39 is 23.2 Å². The van der Waals surface area contributed by atoms with E-state index in [1.807, 2.05) is 4.90 Å². The fourth-order valence-corrected chi connectivity index (χ4v) is 3.47. The van der Waals surface area contributed by atoms with Gasteiger partial charge in [0, 0.05) is 30.1 Å². The summed E-state index contributed by atoms with van der Waals surface area (Å²) < 4.78 is 45.1. The molecule has 0 bridgehead atoms. The van der Waals surface area contributed by atoms with Gasteiger partial charge in [0.1, 0.15) is 0 Å². The summed E-state index contributed by atoms with van der Waals surface area (Å²) in [7, 11) is 0. The molecular formula is C21H18F3N3O3. The largest absolute Gasteiger partial charge is 0.416 e. The van der Waals surface area contributed by atoms with Gasteiger partial charge in [0.15, 0.2) is 0 Å². The number of nitrogens with one attached hydrogen (secondary N) is 2. The number of anilines is 2. The second-order valence-electron chi connectivity index (χ2n) is 6.88. The van der Waals surface area contributed by atoms with Crippen molar-refractivity contribution in [2.75, 3.05) is 36.5 Å². The molecule has 1 aliphatic heterocycles. The van der Waals surface area contributed by atoms with Gasteiger partial charge in [0.2, 0.25) is 5.56 Å². The molecule has 3 aromatic rings. The van der Waals surface area contributed by atoms with E-state index in [-0.39, 0.29) is 11.3 Å². The minimum Gasteiger partial charge on any atom is -0.378 e. The molecular weight excluding hydrogens is 399 g/mol. The van der Waals surface area contributed by atoms with Gasteiger partial charge in [-0.2, -0.15) is 13.2 Å². The summed E-state index contributed by atoms with van der Waals surface area (Å²) in [5.74, 6) is -0.661. The molecule has 6 nitrogen and oxygen atoms in total. The molecule has 1 saturated heterocycles. The summed E-state index contributed by atoms with van der Waals surface area (Å²) in [5.41, 5.74) is -0.302. The van der Waals surface area contributed by atoms with Crippen LogP contribution in [-0.2, 0) is 10.9 Å². The van der Waals surface area contributed by atoms with E-state index in [9.17, 15) is 22.8 Å². The first-order valence-electron chi connectivity index (χ1n) is 9.30. The summed E-state index contributed by atoms with van der Waals surface area (Å²) in [6.45, 7) is 1.85. The van der Waals surface area contributed by atoms with Gasteiger partial charge in [-0.05, 0) is 24.3 Å². The molecule has 2 N–H and O–H groups in total. The summed E-state index contributed by atoms with van der Waals surface area (Å²) >= 11 is 0. The Morgan fingerprint density at radius 1 is 1.07 bits per heavy atom. The highest BCUT2D eigenvalue weighted by Crippen LogP contribution is 2.36.